The minimum Gasteiger partial charge on any atom is -0.465 e. The summed E-state index contributed by atoms with van der Waals surface area (Å²) in [6, 6.07) is 0. The van der Waals surface area contributed by atoms with Crippen LogP contribution in [0.1, 0.15) is 27.2 Å². The molecule has 0 spiro atoms. The van der Waals surface area contributed by atoms with Gasteiger partial charge >= 0.3 is 5.97 Å². The Kier molecular flexibility index (Phi) is 7.83. The second-order valence-corrected chi connectivity index (χ2v) is 4.54. The molecular weight excluding hydrogens is 218 g/mol. The number of hydrogen-bond donors (Lipinski definition) is 0. The molecule has 0 fully saturated rings. The lowest BCUT2D eigenvalue weighted by molar-refractivity contribution is -0.144. The molecule has 0 rings (SSSR count). The van der Waals surface area contributed by atoms with Gasteiger partial charge in [-0.15, -0.1) is 6.58 Å². The molecule has 0 bridgehead atoms. The van der Waals surface area contributed by atoms with Gasteiger partial charge in [0.1, 0.15) is 0 Å². The van der Waals surface area contributed by atoms with Crippen LogP contribution in [-0.4, -0.2) is 49.8 Å². The Hall–Kier alpha value is -0.870. The normalized spacial score (nSPS) is 11.6. The van der Waals surface area contributed by atoms with Gasteiger partial charge in [0.2, 0.25) is 0 Å². The maximum atomic E-state index is 11.4. The lowest BCUT2D eigenvalue weighted by atomic mass is 10.1. The highest BCUT2D eigenvalue weighted by Gasteiger charge is 2.19. The van der Waals surface area contributed by atoms with Gasteiger partial charge in [-0.2, -0.15) is 0 Å². The van der Waals surface area contributed by atoms with Crippen LogP contribution in [0.5, 0.6) is 0 Å². The number of esters is 1. The Balaban J connectivity index is 4.14. The van der Waals surface area contributed by atoms with Crippen LogP contribution in [0.3, 0.4) is 0 Å². The fourth-order valence-electron chi connectivity index (χ4n) is 1.34. The summed E-state index contributed by atoms with van der Waals surface area (Å²) in [5.41, 5.74) is -0.173. The van der Waals surface area contributed by atoms with Crippen LogP contribution in [0.2, 0.25) is 0 Å². The number of nitrogens with zero attached hydrogens (tertiary/aromatic N) is 1. The lowest BCUT2D eigenvalue weighted by Crippen LogP contribution is -2.36. The molecule has 100 valence electrons. The monoisotopic (exact) mass is 243 g/mol. The molecule has 4 heteroatoms. The van der Waals surface area contributed by atoms with Crippen molar-refractivity contribution in [2.75, 3.05) is 33.4 Å². The van der Waals surface area contributed by atoms with E-state index >= 15 is 0 Å². The highest BCUT2D eigenvalue weighted by Crippen LogP contribution is 2.13. The van der Waals surface area contributed by atoms with E-state index in [1.165, 1.54) is 0 Å². The molecule has 0 aromatic rings. The summed E-state index contributed by atoms with van der Waals surface area (Å²) in [6.45, 7) is 11.8. The van der Waals surface area contributed by atoms with E-state index in [1.807, 2.05) is 25.7 Å². The van der Waals surface area contributed by atoms with E-state index in [1.54, 1.807) is 13.2 Å². The Morgan fingerprint density at radius 1 is 1.47 bits per heavy atom. The van der Waals surface area contributed by atoms with Crippen molar-refractivity contribution >= 4 is 5.97 Å². The summed E-state index contributed by atoms with van der Waals surface area (Å²) in [7, 11) is 1.70. The largest absolute Gasteiger partial charge is 0.465 e. The highest BCUT2D eigenvalue weighted by atomic mass is 16.5. The number of ether oxygens (including phenoxy) is 2. The maximum Gasteiger partial charge on any atom is 0.320 e. The van der Waals surface area contributed by atoms with E-state index in [9.17, 15) is 4.79 Å². The molecule has 4 nitrogen and oxygen atoms in total. The molecule has 0 amide bonds. The van der Waals surface area contributed by atoms with E-state index in [4.69, 9.17) is 9.47 Å². The molecule has 17 heavy (non-hydrogen) atoms. The molecule has 0 aromatic heterocycles. The van der Waals surface area contributed by atoms with Gasteiger partial charge in [0.15, 0.2) is 0 Å². The molecule has 0 saturated heterocycles. The average Bonchev–Trinajstić information content (AvgIpc) is 2.27. The topological polar surface area (TPSA) is 38.8 Å². The summed E-state index contributed by atoms with van der Waals surface area (Å²) < 4.78 is 10.3. The standard InChI is InChI=1S/C13H25NO3/c1-6-9-14(11-12(15)17-7-2)10-8-13(3,4)16-5/h6H,1,7-11H2,2-5H3. The lowest BCUT2D eigenvalue weighted by Gasteiger charge is -2.27. The molecule has 0 aliphatic rings. The first-order chi connectivity index (χ1) is 7.95. The quantitative estimate of drug-likeness (QED) is 0.457. The van der Waals surface area contributed by atoms with Gasteiger partial charge < -0.3 is 9.47 Å². The molecule has 0 saturated carbocycles. The molecule has 0 N–H and O–H groups in total. The molecular formula is C13H25NO3. The van der Waals surface area contributed by atoms with Crippen LogP contribution in [0.4, 0.5) is 0 Å². The Morgan fingerprint density at radius 3 is 2.59 bits per heavy atom. The van der Waals surface area contributed by atoms with Crippen LogP contribution in [-0.2, 0) is 14.3 Å². The third kappa shape index (κ3) is 7.94. The van der Waals surface area contributed by atoms with Crippen molar-refractivity contribution in [3.8, 4) is 0 Å². The van der Waals surface area contributed by atoms with E-state index in [0.29, 0.717) is 19.7 Å². The van der Waals surface area contributed by atoms with Crippen LogP contribution < -0.4 is 0 Å². The van der Waals surface area contributed by atoms with Crippen LogP contribution in [0, 0.1) is 0 Å². The number of rotatable bonds is 9. The van der Waals surface area contributed by atoms with Crippen molar-refractivity contribution in [1.29, 1.82) is 0 Å². The second-order valence-electron chi connectivity index (χ2n) is 4.54. The van der Waals surface area contributed by atoms with Crippen molar-refractivity contribution in [2.45, 2.75) is 32.8 Å². The maximum absolute atomic E-state index is 11.4. The molecule has 0 unspecified atom stereocenters. The van der Waals surface area contributed by atoms with Crippen molar-refractivity contribution in [3.63, 3.8) is 0 Å². The molecule has 0 atom stereocenters. The fourth-order valence-corrected chi connectivity index (χ4v) is 1.34. The zero-order valence-electron chi connectivity index (χ0n) is 11.5. The summed E-state index contributed by atoms with van der Waals surface area (Å²) in [5.74, 6) is -0.190. The molecule has 0 aromatic carbocycles. The molecule has 0 aliphatic carbocycles. The minimum atomic E-state index is -0.190. The van der Waals surface area contributed by atoms with Crippen LogP contribution in [0.25, 0.3) is 0 Å². The van der Waals surface area contributed by atoms with Crippen molar-refractivity contribution in [3.05, 3.63) is 12.7 Å². The number of carbonyl (C=O) groups is 1. The van der Waals surface area contributed by atoms with E-state index in [0.717, 1.165) is 13.0 Å². The van der Waals surface area contributed by atoms with Gasteiger partial charge in [-0.3, -0.25) is 9.69 Å². The van der Waals surface area contributed by atoms with Crippen LogP contribution in [0.15, 0.2) is 12.7 Å². The zero-order valence-corrected chi connectivity index (χ0v) is 11.5. The third-order valence-electron chi connectivity index (χ3n) is 2.63. The van der Waals surface area contributed by atoms with E-state index in [-0.39, 0.29) is 11.6 Å². The fraction of sp³-hybridized carbons (Fsp3) is 0.769. The first-order valence-corrected chi connectivity index (χ1v) is 5.99. The predicted molar refractivity (Wildman–Crippen MR) is 69.0 cm³/mol. The van der Waals surface area contributed by atoms with Crippen molar-refractivity contribution < 1.29 is 14.3 Å². The van der Waals surface area contributed by atoms with Gasteiger partial charge in [0.05, 0.1) is 18.8 Å². The minimum absolute atomic E-state index is 0.173. The SMILES string of the molecule is C=CCN(CCC(C)(C)OC)CC(=O)OCC. The van der Waals surface area contributed by atoms with Crippen LogP contribution >= 0.6 is 0 Å². The summed E-state index contributed by atoms with van der Waals surface area (Å²) >= 11 is 0. The van der Waals surface area contributed by atoms with E-state index in [2.05, 4.69) is 6.58 Å². The molecule has 0 aliphatic heterocycles. The predicted octanol–water partition coefficient (Wildman–Crippen LogP) is 1.85. The van der Waals surface area contributed by atoms with Gasteiger partial charge in [-0.05, 0) is 27.2 Å². The van der Waals surface area contributed by atoms with Crippen molar-refractivity contribution in [1.82, 2.24) is 4.90 Å². The first kappa shape index (κ1) is 16.1. The Morgan fingerprint density at radius 2 is 2.12 bits per heavy atom. The zero-order chi connectivity index (χ0) is 13.3. The number of methoxy groups -OCH3 is 1. The van der Waals surface area contributed by atoms with Gasteiger partial charge in [-0.1, -0.05) is 6.08 Å². The Labute approximate surface area is 105 Å². The first-order valence-electron chi connectivity index (χ1n) is 5.99. The number of carbonyl (C=O) groups excluding carboxylic acids is 1. The third-order valence-corrected chi connectivity index (χ3v) is 2.63. The average molecular weight is 243 g/mol. The van der Waals surface area contributed by atoms with Gasteiger partial charge in [0, 0.05) is 20.2 Å². The summed E-state index contributed by atoms with van der Waals surface area (Å²) in [5, 5.41) is 0. The van der Waals surface area contributed by atoms with Gasteiger partial charge in [0.25, 0.3) is 0 Å². The number of hydrogen-bond acceptors (Lipinski definition) is 4. The van der Waals surface area contributed by atoms with E-state index < -0.39 is 0 Å². The summed E-state index contributed by atoms with van der Waals surface area (Å²) in [6.07, 6.45) is 2.65. The Bertz CT molecular complexity index is 239. The smallest absolute Gasteiger partial charge is 0.320 e. The molecule has 0 radical (unpaired) electrons. The van der Waals surface area contributed by atoms with Crippen molar-refractivity contribution in [2.24, 2.45) is 0 Å². The van der Waals surface area contributed by atoms with Gasteiger partial charge in [-0.25, -0.2) is 0 Å². The molecule has 0 heterocycles. The highest BCUT2D eigenvalue weighted by molar-refractivity contribution is 5.71. The summed E-state index contributed by atoms with van der Waals surface area (Å²) in [4.78, 5) is 13.4. The second kappa shape index (κ2) is 8.25.